The maximum atomic E-state index is 12.4. The number of aryl methyl sites for hydroxylation is 1. The smallest absolute Gasteiger partial charge is 0.254 e. The van der Waals surface area contributed by atoms with Crippen LogP contribution in [0.3, 0.4) is 0 Å². The lowest BCUT2D eigenvalue weighted by Crippen LogP contribution is -2.28. The minimum Gasteiger partial charge on any atom is -0.491 e. The largest absolute Gasteiger partial charge is 0.491 e. The molecule has 0 radical (unpaired) electrons. The van der Waals surface area contributed by atoms with Gasteiger partial charge in [-0.1, -0.05) is 18.5 Å². The average Bonchev–Trinajstić information content (AvgIpc) is 2.82. The van der Waals surface area contributed by atoms with E-state index in [9.17, 15) is 13.2 Å². The number of anilines is 1. The van der Waals surface area contributed by atoms with Gasteiger partial charge in [0, 0.05) is 59.8 Å². The van der Waals surface area contributed by atoms with Crippen LogP contribution in [0.2, 0.25) is 5.02 Å². The number of nitrogens with one attached hydrogen (secondary N) is 1. The summed E-state index contributed by atoms with van der Waals surface area (Å²) in [5.41, 5.74) is 2.28. The molecule has 2 heterocycles. The number of halogens is 1. The first-order chi connectivity index (χ1) is 16.7. The Bertz CT molecular complexity index is 1400. The molecule has 4 rings (SSSR count). The van der Waals surface area contributed by atoms with Crippen LogP contribution in [-0.4, -0.2) is 43.3 Å². The highest BCUT2D eigenvalue weighted by atomic mass is 35.5. The van der Waals surface area contributed by atoms with Crippen molar-refractivity contribution >= 4 is 27.3 Å². The molecule has 0 saturated carbocycles. The normalized spacial score (nSPS) is 14.3. The van der Waals surface area contributed by atoms with Crippen molar-refractivity contribution in [3.05, 3.63) is 69.6 Å². The van der Waals surface area contributed by atoms with Crippen molar-refractivity contribution in [2.45, 2.75) is 20.4 Å². The Hall–Kier alpha value is -3.01. The van der Waals surface area contributed by atoms with Crippen LogP contribution in [0.4, 0.5) is 5.69 Å². The summed E-state index contributed by atoms with van der Waals surface area (Å²) < 4.78 is 40.9. The quantitative estimate of drug-likeness (QED) is 0.549. The van der Waals surface area contributed by atoms with Gasteiger partial charge in [0.25, 0.3) is 5.56 Å². The molecule has 0 saturated heterocycles. The van der Waals surface area contributed by atoms with Gasteiger partial charge < -0.3 is 14.0 Å². The molecule has 1 aliphatic rings. The van der Waals surface area contributed by atoms with E-state index in [-0.39, 0.29) is 11.3 Å². The number of likely N-dealkylation sites (N-methyl/N-ethyl adjacent to an activating group) is 1. The van der Waals surface area contributed by atoms with Gasteiger partial charge in [-0.25, -0.2) is 8.42 Å². The number of hydrogen-bond acceptors (Lipinski definition) is 6. The fourth-order valence-corrected chi connectivity index (χ4v) is 4.67. The molecule has 0 unspecified atom stereocenters. The Morgan fingerprint density at radius 3 is 2.54 bits per heavy atom. The lowest BCUT2D eigenvalue weighted by Gasteiger charge is -2.25. The summed E-state index contributed by atoms with van der Waals surface area (Å²) in [4.78, 5) is 14.6. The zero-order chi connectivity index (χ0) is 25.2. The number of rotatable bonds is 4. The molecule has 0 amide bonds. The zero-order valence-corrected chi connectivity index (χ0v) is 21.4. The molecule has 0 aliphatic carbocycles. The molecule has 35 heavy (non-hydrogen) atoms. The van der Waals surface area contributed by atoms with E-state index in [2.05, 4.69) is 16.5 Å². The average molecular weight is 518 g/mol. The molecule has 10 heteroatoms. The number of pyridine rings is 1. The van der Waals surface area contributed by atoms with Gasteiger partial charge in [-0.3, -0.25) is 14.4 Å². The molecular formula is C25H28ClN3O5S. The van der Waals surface area contributed by atoms with E-state index < -0.39 is 10.0 Å². The summed E-state index contributed by atoms with van der Waals surface area (Å²) in [5.74, 6) is 1.47. The molecule has 1 N–H and O–H groups in total. The SMILES string of the molecule is CCN1CCOc2cc(=O)n(C)cc2-c2cc(NS(=O)(=O)CC)ccc2Oc2ccc(Cl)cc2C1. The molecule has 2 aromatic carbocycles. The molecule has 186 valence electrons. The van der Waals surface area contributed by atoms with Crippen molar-refractivity contribution in [3.63, 3.8) is 0 Å². The molecule has 0 spiro atoms. The topological polar surface area (TPSA) is 89.9 Å². The van der Waals surface area contributed by atoms with Crippen LogP contribution in [0.1, 0.15) is 19.4 Å². The Morgan fingerprint density at radius 1 is 1.03 bits per heavy atom. The number of aromatic nitrogens is 1. The monoisotopic (exact) mass is 517 g/mol. The van der Waals surface area contributed by atoms with Crippen molar-refractivity contribution in [2.24, 2.45) is 7.05 Å². The first-order valence-electron chi connectivity index (χ1n) is 11.4. The van der Waals surface area contributed by atoms with Crippen molar-refractivity contribution < 1.29 is 17.9 Å². The highest BCUT2D eigenvalue weighted by Gasteiger charge is 2.20. The molecule has 0 bridgehead atoms. The second-order valence-electron chi connectivity index (χ2n) is 8.29. The van der Waals surface area contributed by atoms with Crippen molar-refractivity contribution in [3.8, 4) is 28.4 Å². The number of nitrogens with zero attached hydrogens (tertiary/aromatic N) is 2. The fraction of sp³-hybridized carbons (Fsp3) is 0.320. The first-order valence-corrected chi connectivity index (χ1v) is 13.4. The second kappa shape index (κ2) is 10.3. The molecule has 0 fully saturated rings. The highest BCUT2D eigenvalue weighted by Crippen LogP contribution is 2.41. The number of sulfonamides is 1. The third-order valence-electron chi connectivity index (χ3n) is 5.86. The predicted molar refractivity (Wildman–Crippen MR) is 138 cm³/mol. The van der Waals surface area contributed by atoms with E-state index in [1.54, 1.807) is 44.4 Å². The molecule has 1 aromatic heterocycles. The number of hydrogen-bond donors (Lipinski definition) is 1. The van der Waals surface area contributed by atoms with E-state index in [0.717, 1.165) is 12.1 Å². The number of ether oxygens (including phenoxy) is 2. The Morgan fingerprint density at radius 2 is 1.80 bits per heavy atom. The van der Waals surface area contributed by atoms with Gasteiger partial charge in [-0.05, 0) is 49.9 Å². The Kier molecular flexibility index (Phi) is 7.39. The van der Waals surface area contributed by atoms with Gasteiger partial charge >= 0.3 is 0 Å². The van der Waals surface area contributed by atoms with Gasteiger partial charge in [0.2, 0.25) is 10.0 Å². The van der Waals surface area contributed by atoms with Crippen LogP contribution in [0, 0.1) is 0 Å². The molecule has 0 atom stereocenters. The second-order valence-corrected chi connectivity index (χ2v) is 10.7. The minimum atomic E-state index is -3.49. The van der Waals surface area contributed by atoms with Crippen molar-refractivity contribution in [1.29, 1.82) is 0 Å². The summed E-state index contributed by atoms with van der Waals surface area (Å²) in [6.07, 6.45) is 1.67. The van der Waals surface area contributed by atoms with E-state index in [1.165, 1.54) is 10.6 Å². The highest BCUT2D eigenvalue weighted by molar-refractivity contribution is 7.92. The van der Waals surface area contributed by atoms with E-state index in [4.69, 9.17) is 21.1 Å². The van der Waals surface area contributed by atoms with Crippen LogP contribution >= 0.6 is 11.6 Å². The zero-order valence-electron chi connectivity index (χ0n) is 19.9. The molecular weight excluding hydrogens is 490 g/mol. The summed E-state index contributed by atoms with van der Waals surface area (Å²) in [7, 11) is -1.84. The van der Waals surface area contributed by atoms with E-state index in [1.807, 2.05) is 12.1 Å². The maximum absolute atomic E-state index is 12.4. The fourth-order valence-electron chi connectivity index (χ4n) is 3.84. The van der Waals surface area contributed by atoms with Gasteiger partial charge in [0.1, 0.15) is 23.9 Å². The third-order valence-corrected chi connectivity index (χ3v) is 7.40. The van der Waals surface area contributed by atoms with E-state index >= 15 is 0 Å². The van der Waals surface area contributed by atoms with Gasteiger partial charge in [-0.15, -0.1) is 0 Å². The minimum absolute atomic E-state index is 0.0587. The van der Waals surface area contributed by atoms with Crippen LogP contribution in [0.15, 0.2) is 53.5 Å². The van der Waals surface area contributed by atoms with Crippen molar-refractivity contribution in [2.75, 3.05) is 30.2 Å². The van der Waals surface area contributed by atoms with Gasteiger partial charge in [0.05, 0.1) is 5.75 Å². The lowest BCUT2D eigenvalue weighted by molar-refractivity contribution is 0.208. The van der Waals surface area contributed by atoms with Gasteiger partial charge in [-0.2, -0.15) is 0 Å². The number of fused-ring (bicyclic) bond motifs is 4. The van der Waals surface area contributed by atoms with Crippen LogP contribution in [0.25, 0.3) is 11.1 Å². The van der Waals surface area contributed by atoms with E-state index in [0.29, 0.717) is 58.8 Å². The molecule has 1 aliphatic heterocycles. The molecule has 3 aromatic rings. The maximum Gasteiger partial charge on any atom is 0.254 e. The van der Waals surface area contributed by atoms with Crippen LogP contribution in [-0.2, 0) is 23.6 Å². The summed E-state index contributed by atoms with van der Waals surface area (Å²) in [6, 6.07) is 12.0. The van der Waals surface area contributed by atoms with Crippen molar-refractivity contribution in [1.82, 2.24) is 9.47 Å². The predicted octanol–water partition coefficient (Wildman–Crippen LogP) is 4.47. The number of benzene rings is 2. The lowest BCUT2D eigenvalue weighted by atomic mass is 10.0. The standard InChI is InChI=1S/C25H28ClN3O5S/c1-4-29-10-11-33-24-14-25(30)28(3)16-21(24)20-13-19(27-35(31,32)5-2)7-9-23(20)34-22-8-6-18(26)12-17(22)15-29/h6-9,12-14,16,27H,4-5,10-11,15H2,1-3H3. The molecule has 8 nitrogen and oxygen atoms in total. The third kappa shape index (κ3) is 5.80. The Labute approximate surface area is 210 Å². The summed E-state index contributed by atoms with van der Waals surface area (Å²) in [6.45, 7) is 6.01. The van der Waals surface area contributed by atoms with Crippen LogP contribution in [0.5, 0.6) is 17.2 Å². The summed E-state index contributed by atoms with van der Waals surface area (Å²) in [5, 5.41) is 0.608. The van der Waals surface area contributed by atoms with Crippen LogP contribution < -0.4 is 19.8 Å². The Balaban J connectivity index is 1.93. The first kappa shape index (κ1) is 25.1. The summed E-state index contributed by atoms with van der Waals surface area (Å²) >= 11 is 6.29. The van der Waals surface area contributed by atoms with Gasteiger partial charge in [0.15, 0.2) is 0 Å².